The predicted octanol–water partition coefficient (Wildman–Crippen LogP) is 3.39. The highest BCUT2D eigenvalue weighted by Gasteiger charge is 2.17. The lowest BCUT2D eigenvalue weighted by molar-refractivity contribution is 0.228. The third kappa shape index (κ3) is 2.92. The zero-order valence-electron chi connectivity index (χ0n) is 10.6. The van der Waals surface area contributed by atoms with Gasteiger partial charge < -0.3 is 10.5 Å². The van der Waals surface area contributed by atoms with Crippen molar-refractivity contribution in [1.82, 2.24) is 4.98 Å². The maximum absolute atomic E-state index is 6.07. The Morgan fingerprint density at radius 1 is 1.39 bits per heavy atom. The second kappa shape index (κ2) is 5.12. The summed E-state index contributed by atoms with van der Waals surface area (Å²) in [6.45, 7) is 4.51. The molecule has 96 valence electrons. The smallest absolute Gasteiger partial charge is 0.130 e. The highest BCUT2D eigenvalue weighted by Crippen LogP contribution is 2.26. The number of hydrogen-bond donors (Lipinski definition) is 1. The minimum atomic E-state index is -0.317. The normalized spacial score (nSPS) is 14.4. The van der Waals surface area contributed by atoms with Crippen LogP contribution in [-0.4, -0.2) is 17.1 Å². The van der Waals surface area contributed by atoms with E-state index in [0.29, 0.717) is 11.6 Å². The number of pyridine rings is 1. The van der Waals surface area contributed by atoms with Crippen molar-refractivity contribution in [1.29, 1.82) is 0 Å². The van der Waals surface area contributed by atoms with Crippen LogP contribution in [0.15, 0.2) is 30.5 Å². The third-order valence-electron chi connectivity index (χ3n) is 3.03. The lowest BCUT2D eigenvalue weighted by Gasteiger charge is -2.23. The summed E-state index contributed by atoms with van der Waals surface area (Å²) in [7, 11) is 0. The quantitative estimate of drug-likeness (QED) is 0.921. The average Bonchev–Trinajstić information content (AvgIpc) is 2.36. The first-order chi connectivity index (χ1) is 8.52. The monoisotopic (exact) mass is 264 g/mol. The van der Waals surface area contributed by atoms with Crippen molar-refractivity contribution < 1.29 is 4.74 Å². The SMILES string of the molecule is CCC(C)(N)COc1ccnc2cc(Cl)ccc12. The molecule has 0 bridgehead atoms. The Morgan fingerprint density at radius 2 is 2.17 bits per heavy atom. The summed E-state index contributed by atoms with van der Waals surface area (Å²) in [4.78, 5) is 4.27. The van der Waals surface area contributed by atoms with Crippen LogP contribution in [0.3, 0.4) is 0 Å². The van der Waals surface area contributed by atoms with E-state index < -0.39 is 0 Å². The van der Waals surface area contributed by atoms with E-state index in [-0.39, 0.29) is 5.54 Å². The summed E-state index contributed by atoms with van der Waals surface area (Å²) in [6.07, 6.45) is 2.58. The Hall–Kier alpha value is -1.32. The van der Waals surface area contributed by atoms with Gasteiger partial charge in [-0.2, -0.15) is 0 Å². The number of nitrogens with two attached hydrogens (primary N) is 1. The predicted molar refractivity (Wildman–Crippen MR) is 75.1 cm³/mol. The Kier molecular flexibility index (Phi) is 3.73. The van der Waals surface area contributed by atoms with Gasteiger partial charge in [0.05, 0.1) is 5.52 Å². The first-order valence-corrected chi connectivity index (χ1v) is 6.35. The molecule has 2 N–H and O–H groups in total. The van der Waals surface area contributed by atoms with Crippen molar-refractivity contribution >= 4 is 22.5 Å². The molecule has 4 heteroatoms. The second-order valence-electron chi connectivity index (χ2n) is 4.77. The van der Waals surface area contributed by atoms with Gasteiger partial charge in [0.1, 0.15) is 12.4 Å². The summed E-state index contributed by atoms with van der Waals surface area (Å²) >= 11 is 5.94. The van der Waals surface area contributed by atoms with Gasteiger partial charge in [-0.3, -0.25) is 4.98 Å². The van der Waals surface area contributed by atoms with Gasteiger partial charge in [0.2, 0.25) is 0 Å². The highest BCUT2D eigenvalue weighted by atomic mass is 35.5. The molecular formula is C14H17ClN2O. The molecule has 0 aliphatic heterocycles. The number of benzene rings is 1. The van der Waals surface area contributed by atoms with E-state index in [0.717, 1.165) is 23.1 Å². The van der Waals surface area contributed by atoms with Crippen LogP contribution in [0.2, 0.25) is 5.02 Å². The van der Waals surface area contributed by atoms with Gasteiger partial charge >= 0.3 is 0 Å². The molecular weight excluding hydrogens is 248 g/mol. The van der Waals surface area contributed by atoms with Crippen LogP contribution >= 0.6 is 11.6 Å². The summed E-state index contributed by atoms with van der Waals surface area (Å²) < 4.78 is 5.81. The van der Waals surface area contributed by atoms with E-state index >= 15 is 0 Å². The van der Waals surface area contributed by atoms with Crippen molar-refractivity contribution in [3.8, 4) is 5.75 Å². The molecule has 0 spiro atoms. The molecule has 1 unspecified atom stereocenters. The van der Waals surface area contributed by atoms with Gasteiger partial charge in [0, 0.05) is 22.1 Å². The van der Waals surface area contributed by atoms with E-state index in [1.807, 2.05) is 38.1 Å². The number of fused-ring (bicyclic) bond motifs is 1. The fourth-order valence-corrected chi connectivity index (χ4v) is 1.73. The second-order valence-corrected chi connectivity index (χ2v) is 5.20. The maximum Gasteiger partial charge on any atom is 0.130 e. The summed E-state index contributed by atoms with van der Waals surface area (Å²) in [6, 6.07) is 7.42. The van der Waals surface area contributed by atoms with Crippen LogP contribution in [0.1, 0.15) is 20.3 Å². The third-order valence-corrected chi connectivity index (χ3v) is 3.26. The van der Waals surface area contributed by atoms with Crippen molar-refractivity contribution in [2.75, 3.05) is 6.61 Å². The van der Waals surface area contributed by atoms with Crippen LogP contribution < -0.4 is 10.5 Å². The number of rotatable bonds is 4. The molecule has 0 aliphatic carbocycles. The van der Waals surface area contributed by atoms with Crippen molar-refractivity contribution in [2.24, 2.45) is 5.73 Å². The van der Waals surface area contributed by atoms with E-state index in [2.05, 4.69) is 4.98 Å². The minimum Gasteiger partial charge on any atom is -0.491 e. The number of nitrogens with zero attached hydrogens (tertiary/aromatic N) is 1. The van der Waals surface area contributed by atoms with E-state index in [1.165, 1.54) is 0 Å². The number of hydrogen-bond acceptors (Lipinski definition) is 3. The zero-order chi connectivity index (χ0) is 13.2. The molecule has 1 aromatic heterocycles. The average molecular weight is 265 g/mol. The van der Waals surface area contributed by atoms with Gasteiger partial charge in [-0.15, -0.1) is 0 Å². The van der Waals surface area contributed by atoms with Gasteiger partial charge in [-0.25, -0.2) is 0 Å². The molecule has 1 atom stereocenters. The molecule has 1 aromatic carbocycles. The van der Waals surface area contributed by atoms with Crippen LogP contribution in [-0.2, 0) is 0 Å². The van der Waals surface area contributed by atoms with Crippen LogP contribution in [0.4, 0.5) is 0 Å². The fraction of sp³-hybridized carbons (Fsp3) is 0.357. The van der Waals surface area contributed by atoms with E-state index in [1.54, 1.807) is 6.20 Å². The molecule has 2 rings (SSSR count). The van der Waals surface area contributed by atoms with Crippen molar-refractivity contribution in [2.45, 2.75) is 25.8 Å². The van der Waals surface area contributed by atoms with Crippen molar-refractivity contribution in [3.05, 3.63) is 35.5 Å². The summed E-state index contributed by atoms with van der Waals surface area (Å²) in [5, 5.41) is 1.62. The Morgan fingerprint density at radius 3 is 2.89 bits per heavy atom. The number of ether oxygens (including phenoxy) is 1. The Balaban J connectivity index is 2.29. The van der Waals surface area contributed by atoms with Gasteiger partial charge in [0.15, 0.2) is 0 Å². The molecule has 3 nitrogen and oxygen atoms in total. The summed E-state index contributed by atoms with van der Waals surface area (Å²) in [5.74, 6) is 0.793. The fourth-order valence-electron chi connectivity index (χ4n) is 1.57. The minimum absolute atomic E-state index is 0.317. The topological polar surface area (TPSA) is 48.1 Å². The molecule has 0 aliphatic rings. The zero-order valence-corrected chi connectivity index (χ0v) is 11.4. The van der Waals surface area contributed by atoms with Crippen molar-refractivity contribution in [3.63, 3.8) is 0 Å². The molecule has 0 radical (unpaired) electrons. The van der Waals surface area contributed by atoms with Crippen LogP contribution in [0.25, 0.3) is 10.9 Å². The molecule has 0 saturated carbocycles. The molecule has 0 fully saturated rings. The summed E-state index contributed by atoms with van der Waals surface area (Å²) in [5.41, 5.74) is 6.58. The highest BCUT2D eigenvalue weighted by molar-refractivity contribution is 6.31. The van der Waals surface area contributed by atoms with Gasteiger partial charge in [-0.05, 0) is 37.6 Å². The lowest BCUT2D eigenvalue weighted by atomic mass is 10.0. The maximum atomic E-state index is 6.07. The molecule has 2 aromatic rings. The first-order valence-electron chi connectivity index (χ1n) is 5.98. The van der Waals surface area contributed by atoms with Crippen LogP contribution in [0.5, 0.6) is 5.75 Å². The molecule has 1 heterocycles. The number of aromatic nitrogens is 1. The molecule has 0 amide bonds. The van der Waals surface area contributed by atoms with E-state index in [9.17, 15) is 0 Å². The van der Waals surface area contributed by atoms with Gasteiger partial charge in [0.25, 0.3) is 0 Å². The standard InChI is InChI=1S/C14H17ClN2O/c1-3-14(2,16)9-18-13-6-7-17-12-8-10(15)4-5-11(12)13/h4-8H,3,9,16H2,1-2H3. The van der Waals surface area contributed by atoms with Crippen LogP contribution in [0, 0.1) is 0 Å². The van der Waals surface area contributed by atoms with E-state index in [4.69, 9.17) is 22.1 Å². The lowest BCUT2D eigenvalue weighted by Crippen LogP contribution is -2.41. The largest absolute Gasteiger partial charge is 0.491 e. The molecule has 0 saturated heterocycles. The first kappa shape index (κ1) is 13.1. The number of halogens is 1. The molecule has 18 heavy (non-hydrogen) atoms. The van der Waals surface area contributed by atoms with Gasteiger partial charge in [-0.1, -0.05) is 18.5 Å². The Labute approximate surface area is 112 Å². The Bertz CT molecular complexity index is 554.